The summed E-state index contributed by atoms with van der Waals surface area (Å²) in [5.74, 6) is 0.662. The molecule has 0 aliphatic heterocycles. The third kappa shape index (κ3) is 3.32. The van der Waals surface area contributed by atoms with Crippen molar-refractivity contribution < 1.29 is 0 Å². The van der Waals surface area contributed by atoms with Gasteiger partial charge in [-0.15, -0.1) is 11.3 Å². The van der Waals surface area contributed by atoms with E-state index in [0.29, 0.717) is 16.3 Å². The molecule has 0 saturated carbocycles. The summed E-state index contributed by atoms with van der Waals surface area (Å²) in [5, 5.41) is 2.34. The standard InChI is InChI=1S/C24H19N3OS2/c1-15-8-7-12-20(16(15)2)27-23(28)17-9-3-4-10-18(17)26-24(27)29-14-22-25-19-11-5-6-13-21(19)30-22/h3-13H,14H2,1-2H3. The van der Waals surface area contributed by atoms with Crippen LogP contribution in [0.5, 0.6) is 0 Å². The quantitative estimate of drug-likeness (QED) is 0.263. The minimum absolute atomic E-state index is 0.0406. The molecule has 0 aliphatic carbocycles. The van der Waals surface area contributed by atoms with E-state index in [1.54, 1.807) is 27.7 Å². The molecule has 3 aromatic carbocycles. The van der Waals surface area contributed by atoms with Crippen LogP contribution in [0.1, 0.15) is 16.1 Å². The van der Waals surface area contributed by atoms with Gasteiger partial charge in [-0.25, -0.2) is 9.97 Å². The highest BCUT2D eigenvalue weighted by molar-refractivity contribution is 7.98. The summed E-state index contributed by atoms with van der Waals surface area (Å²) in [6, 6.07) is 21.7. The molecular weight excluding hydrogens is 410 g/mol. The van der Waals surface area contributed by atoms with Crippen molar-refractivity contribution in [1.29, 1.82) is 0 Å². The molecule has 5 rings (SSSR count). The second-order valence-corrected chi connectivity index (χ2v) is 9.19. The lowest BCUT2D eigenvalue weighted by Crippen LogP contribution is -2.22. The second kappa shape index (κ2) is 7.70. The maximum absolute atomic E-state index is 13.5. The monoisotopic (exact) mass is 429 g/mol. The fourth-order valence-electron chi connectivity index (χ4n) is 3.51. The summed E-state index contributed by atoms with van der Waals surface area (Å²) in [6.45, 7) is 4.11. The number of fused-ring (bicyclic) bond motifs is 2. The Labute approximate surface area is 182 Å². The number of benzene rings is 3. The van der Waals surface area contributed by atoms with Crippen molar-refractivity contribution in [3.05, 3.63) is 93.2 Å². The lowest BCUT2D eigenvalue weighted by atomic mass is 10.1. The second-order valence-electron chi connectivity index (χ2n) is 7.14. The van der Waals surface area contributed by atoms with Crippen LogP contribution in [0.2, 0.25) is 0 Å². The van der Waals surface area contributed by atoms with Crippen molar-refractivity contribution >= 4 is 44.2 Å². The maximum atomic E-state index is 13.5. The van der Waals surface area contributed by atoms with E-state index < -0.39 is 0 Å². The number of para-hydroxylation sites is 2. The first-order valence-corrected chi connectivity index (χ1v) is 11.5. The Kier molecular flexibility index (Phi) is 4.89. The third-order valence-corrected chi connectivity index (χ3v) is 7.39. The van der Waals surface area contributed by atoms with Crippen LogP contribution in [0, 0.1) is 13.8 Å². The van der Waals surface area contributed by atoms with E-state index in [0.717, 1.165) is 32.9 Å². The predicted molar refractivity (Wildman–Crippen MR) is 126 cm³/mol. The van der Waals surface area contributed by atoms with Crippen molar-refractivity contribution in [2.45, 2.75) is 24.8 Å². The van der Waals surface area contributed by atoms with Gasteiger partial charge < -0.3 is 0 Å². The van der Waals surface area contributed by atoms with Crippen molar-refractivity contribution in [1.82, 2.24) is 14.5 Å². The van der Waals surface area contributed by atoms with Gasteiger partial charge in [0.25, 0.3) is 5.56 Å². The Morgan fingerprint density at radius 2 is 1.67 bits per heavy atom. The molecule has 6 heteroatoms. The van der Waals surface area contributed by atoms with Crippen LogP contribution in [0.4, 0.5) is 0 Å². The zero-order valence-electron chi connectivity index (χ0n) is 16.6. The lowest BCUT2D eigenvalue weighted by molar-refractivity contribution is 0.813. The minimum Gasteiger partial charge on any atom is -0.268 e. The van der Waals surface area contributed by atoms with Gasteiger partial charge in [-0.3, -0.25) is 9.36 Å². The van der Waals surface area contributed by atoms with E-state index in [1.807, 2.05) is 61.5 Å². The van der Waals surface area contributed by atoms with E-state index >= 15 is 0 Å². The number of aromatic nitrogens is 3. The first-order chi connectivity index (χ1) is 14.6. The third-order valence-electron chi connectivity index (χ3n) is 5.22. The van der Waals surface area contributed by atoms with Crippen LogP contribution in [0.15, 0.2) is 76.7 Å². The van der Waals surface area contributed by atoms with Crippen LogP contribution < -0.4 is 5.56 Å². The fourth-order valence-corrected chi connectivity index (χ4v) is 5.47. The van der Waals surface area contributed by atoms with Gasteiger partial charge in [0, 0.05) is 0 Å². The van der Waals surface area contributed by atoms with Crippen molar-refractivity contribution in [2.75, 3.05) is 0 Å². The van der Waals surface area contributed by atoms with Crippen molar-refractivity contribution in [3.63, 3.8) is 0 Å². The van der Waals surface area contributed by atoms with Crippen LogP contribution in [0.25, 0.3) is 26.8 Å². The molecule has 5 aromatic rings. The molecule has 0 atom stereocenters. The predicted octanol–water partition coefficient (Wildman–Crippen LogP) is 5.90. The zero-order chi connectivity index (χ0) is 20.7. The van der Waals surface area contributed by atoms with E-state index in [2.05, 4.69) is 19.1 Å². The smallest absolute Gasteiger partial charge is 0.266 e. The highest BCUT2D eigenvalue weighted by Crippen LogP contribution is 2.30. The summed E-state index contributed by atoms with van der Waals surface area (Å²) >= 11 is 3.24. The number of rotatable bonds is 4. The molecule has 0 amide bonds. The van der Waals surface area contributed by atoms with Gasteiger partial charge in [-0.2, -0.15) is 0 Å². The summed E-state index contributed by atoms with van der Waals surface area (Å²) < 4.78 is 2.93. The summed E-state index contributed by atoms with van der Waals surface area (Å²) in [5.41, 5.74) is 4.80. The van der Waals surface area contributed by atoms with Crippen LogP contribution >= 0.6 is 23.1 Å². The molecule has 2 aromatic heterocycles. The summed E-state index contributed by atoms with van der Waals surface area (Å²) in [4.78, 5) is 23.0. The van der Waals surface area contributed by atoms with E-state index in [1.165, 1.54) is 4.70 Å². The summed E-state index contributed by atoms with van der Waals surface area (Å²) in [7, 11) is 0. The van der Waals surface area contributed by atoms with Crippen LogP contribution in [-0.4, -0.2) is 14.5 Å². The number of aryl methyl sites for hydroxylation is 1. The summed E-state index contributed by atoms with van der Waals surface area (Å²) in [6.07, 6.45) is 0. The Morgan fingerprint density at radius 1 is 0.900 bits per heavy atom. The Morgan fingerprint density at radius 3 is 2.50 bits per heavy atom. The molecule has 0 N–H and O–H groups in total. The number of nitrogens with zero attached hydrogens (tertiary/aromatic N) is 3. The van der Waals surface area contributed by atoms with Crippen molar-refractivity contribution in [2.24, 2.45) is 0 Å². The Bertz CT molecular complexity index is 1420. The van der Waals surface area contributed by atoms with Crippen LogP contribution in [0.3, 0.4) is 0 Å². The maximum Gasteiger partial charge on any atom is 0.266 e. The number of thioether (sulfide) groups is 1. The highest BCUT2D eigenvalue weighted by Gasteiger charge is 2.16. The molecular formula is C24H19N3OS2. The number of hydrogen-bond acceptors (Lipinski definition) is 5. The Balaban J connectivity index is 1.64. The van der Waals surface area contributed by atoms with Gasteiger partial charge in [-0.1, -0.05) is 48.2 Å². The first kappa shape index (κ1) is 19.0. The number of hydrogen-bond donors (Lipinski definition) is 0. The molecule has 2 heterocycles. The Hall–Kier alpha value is -2.96. The van der Waals surface area contributed by atoms with Gasteiger partial charge >= 0.3 is 0 Å². The number of thiazole rings is 1. The van der Waals surface area contributed by atoms with Gasteiger partial charge in [0.05, 0.1) is 32.6 Å². The lowest BCUT2D eigenvalue weighted by Gasteiger charge is -2.16. The van der Waals surface area contributed by atoms with Crippen LogP contribution in [-0.2, 0) is 5.75 Å². The molecule has 0 bridgehead atoms. The van der Waals surface area contributed by atoms with Gasteiger partial charge in [0.15, 0.2) is 5.16 Å². The van der Waals surface area contributed by atoms with Gasteiger partial charge in [0.1, 0.15) is 5.01 Å². The SMILES string of the molecule is Cc1cccc(-n2c(SCc3nc4ccccc4s3)nc3ccccc3c2=O)c1C. The molecule has 0 fully saturated rings. The highest BCUT2D eigenvalue weighted by atomic mass is 32.2. The molecule has 0 aliphatic rings. The van der Waals surface area contributed by atoms with E-state index in [-0.39, 0.29) is 5.56 Å². The topological polar surface area (TPSA) is 47.8 Å². The molecule has 0 radical (unpaired) electrons. The molecule has 30 heavy (non-hydrogen) atoms. The average molecular weight is 430 g/mol. The first-order valence-electron chi connectivity index (χ1n) is 9.67. The normalized spacial score (nSPS) is 11.4. The van der Waals surface area contributed by atoms with Gasteiger partial charge in [-0.05, 0) is 55.3 Å². The molecule has 0 saturated heterocycles. The van der Waals surface area contributed by atoms with E-state index in [4.69, 9.17) is 9.97 Å². The fraction of sp³-hybridized carbons (Fsp3) is 0.125. The zero-order valence-corrected chi connectivity index (χ0v) is 18.3. The largest absolute Gasteiger partial charge is 0.268 e. The minimum atomic E-state index is -0.0406. The average Bonchev–Trinajstić information content (AvgIpc) is 3.18. The van der Waals surface area contributed by atoms with Crippen molar-refractivity contribution in [3.8, 4) is 5.69 Å². The molecule has 148 valence electrons. The molecule has 0 unspecified atom stereocenters. The molecule has 0 spiro atoms. The molecule has 4 nitrogen and oxygen atoms in total. The van der Waals surface area contributed by atoms with E-state index in [9.17, 15) is 4.79 Å². The van der Waals surface area contributed by atoms with Gasteiger partial charge in [0.2, 0.25) is 0 Å².